The fourth-order valence-electron chi connectivity index (χ4n) is 2.21. The molecule has 0 saturated heterocycles. The first-order valence-corrected chi connectivity index (χ1v) is 6.51. The molecular formula is C13H18BrN. The van der Waals surface area contributed by atoms with Gasteiger partial charge in [-0.2, -0.15) is 0 Å². The standard InChI is InChI=1S/C13H18BrN/c1-10(2)15(12-4-3-5-12)13-8-6-11(14)7-9-13/h6-10,12H,3-5H2,1-2H3. The molecule has 1 aliphatic carbocycles. The highest BCUT2D eigenvalue weighted by molar-refractivity contribution is 9.10. The smallest absolute Gasteiger partial charge is 0.0371 e. The molecule has 0 aromatic heterocycles. The predicted octanol–water partition coefficient (Wildman–Crippen LogP) is 4.22. The highest BCUT2D eigenvalue weighted by atomic mass is 79.9. The van der Waals surface area contributed by atoms with E-state index < -0.39 is 0 Å². The fraction of sp³-hybridized carbons (Fsp3) is 0.538. The Labute approximate surface area is 101 Å². The van der Waals surface area contributed by atoms with E-state index in [9.17, 15) is 0 Å². The molecule has 0 bridgehead atoms. The van der Waals surface area contributed by atoms with Gasteiger partial charge in [0.25, 0.3) is 0 Å². The van der Waals surface area contributed by atoms with Crippen molar-refractivity contribution in [2.75, 3.05) is 4.90 Å². The Morgan fingerprint density at radius 2 is 1.80 bits per heavy atom. The van der Waals surface area contributed by atoms with E-state index >= 15 is 0 Å². The number of rotatable bonds is 3. The van der Waals surface area contributed by atoms with Gasteiger partial charge in [0.15, 0.2) is 0 Å². The third-order valence-electron chi connectivity index (χ3n) is 3.15. The second-order valence-corrected chi connectivity index (χ2v) is 5.48. The van der Waals surface area contributed by atoms with Crippen molar-refractivity contribution in [1.82, 2.24) is 0 Å². The van der Waals surface area contributed by atoms with Gasteiger partial charge in [0, 0.05) is 22.2 Å². The Morgan fingerprint density at radius 3 is 2.20 bits per heavy atom. The van der Waals surface area contributed by atoms with Crippen molar-refractivity contribution in [3.8, 4) is 0 Å². The lowest BCUT2D eigenvalue weighted by Gasteiger charge is -2.42. The van der Waals surface area contributed by atoms with Gasteiger partial charge in [-0.15, -0.1) is 0 Å². The van der Waals surface area contributed by atoms with E-state index in [1.807, 2.05) is 0 Å². The molecule has 82 valence electrons. The van der Waals surface area contributed by atoms with E-state index in [0.29, 0.717) is 6.04 Å². The molecule has 2 rings (SSSR count). The van der Waals surface area contributed by atoms with Crippen molar-refractivity contribution in [2.24, 2.45) is 0 Å². The summed E-state index contributed by atoms with van der Waals surface area (Å²) in [6.45, 7) is 4.56. The fourth-order valence-corrected chi connectivity index (χ4v) is 2.47. The molecule has 0 heterocycles. The van der Waals surface area contributed by atoms with Crippen LogP contribution in [0.15, 0.2) is 28.7 Å². The summed E-state index contributed by atoms with van der Waals surface area (Å²) in [7, 11) is 0. The molecule has 0 radical (unpaired) electrons. The van der Waals surface area contributed by atoms with Crippen molar-refractivity contribution in [2.45, 2.75) is 45.2 Å². The summed E-state index contributed by atoms with van der Waals surface area (Å²) < 4.78 is 1.16. The van der Waals surface area contributed by atoms with Crippen LogP contribution in [0.4, 0.5) is 5.69 Å². The first-order chi connectivity index (χ1) is 7.18. The van der Waals surface area contributed by atoms with Gasteiger partial charge in [0.1, 0.15) is 0 Å². The lowest BCUT2D eigenvalue weighted by molar-refractivity contribution is 0.369. The minimum Gasteiger partial charge on any atom is -0.366 e. The van der Waals surface area contributed by atoms with Gasteiger partial charge in [0.2, 0.25) is 0 Å². The van der Waals surface area contributed by atoms with E-state index in [-0.39, 0.29) is 0 Å². The quantitative estimate of drug-likeness (QED) is 0.793. The first kappa shape index (κ1) is 11.0. The molecule has 1 nitrogen and oxygen atoms in total. The van der Waals surface area contributed by atoms with Gasteiger partial charge >= 0.3 is 0 Å². The van der Waals surface area contributed by atoms with Gasteiger partial charge in [-0.25, -0.2) is 0 Å². The lowest BCUT2D eigenvalue weighted by atomic mass is 9.90. The topological polar surface area (TPSA) is 3.24 Å². The summed E-state index contributed by atoms with van der Waals surface area (Å²) in [4.78, 5) is 2.55. The van der Waals surface area contributed by atoms with E-state index in [0.717, 1.165) is 10.5 Å². The monoisotopic (exact) mass is 267 g/mol. The molecule has 0 spiro atoms. The predicted molar refractivity (Wildman–Crippen MR) is 69.4 cm³/mol. The molecule has 0 unspecified atom stereocenters. The van der Waals surface area contributed by atoms with Crippen molar-refractivity contribution in [3.63, 3.8) is 0 Å². The summed E-state index contributed by atoms with van der Waals surface area (Å²) in [6.07, 6.45) is 4.10. The highest BCUT2D eigenvalue weighted by Crippen LogP contribution is 2.31. The number of hydrogen-bond donors (Lipinski definition) is 0. The van der Waals surface area contributed by atoms with Crippen LogP contribution >= 0.6 is 15.9 Å². The Hall–Kier alpha value is -0.500. The van der Waals surface area contributed by atoms with Gasteiger partial charge in [-0.3, -0.25) is 0 Å². The number of nitrogens with zero attached hydrogens (tertiary/aromatic N) is 1. The average molecular weight is 268 g/mol. The molecule has 0 N–H and O–H groups in total. The number of hydrogen-bond acceptors (Lipinski definition) is 1. The third kappa shape index (κ3) is 2.36. The molecule has 1 saturated carbocycles. The summed E-state index contributed by atoms with van der Waals surface area (Å²) in [5, 5.41) is 0. The molecule has 2 heteroatoms. The Kier molecular flexibility index (Phi) is 3.35. The molecule has 0 amide bonds. The molecular weight excluding hydrogens is 250 g/mol. The molecule has 1 aromatic carbocycles. The van der Waals surface area contributed by atoms with Crippen molar-refractivity contribution < 1.29 is 0 Å². The van der Waals surface area contributed by atoms with Crippen LogP contribution < -0.4 is 4.90 Å². The van der Waals surface area contributed by atoms with Crippen LogP contribution in [-0.4, -0.2) is 12.1 Å². The first-order valence-electron chi connectivity index (χ1n) is 5.72. The van der Waals surface area contributed by atoms with Crippen LogP contribution in [0.2, 0.25) is 0 Å². The van der Waals surface area contributed by atoms with Crippen LogP contribution in [0.25, 0.3) is 0 Å². The normalized spacial score (nSPS) is 16.5. The molecule has 1 aliphatic rings. The van der Waals surface area contributed by atoms with Crippen LogP contribution in [0.3, 0.4) is 0 Å². The summed E-state index contributed by atoms with van der Waals surface area (Å²) in [5.41, 5.74) is 1.36. The second-order valence-electron chi connectivity index (χ2n) is 4.56. The van der Waals surface area contributed by atoms with Gasteiger partial charge in [-0.05, 0) is 57.4 Å². The average Bonchev–Trinajstić information content (AvgIpc) is 2.12. The van der Waals surface area contributed by atoms with Crippen molar-refractivity contribution in [3.05, 3.63) is 28.7 Å². The maximum Gasteiger partial charge on any atom is 0.0371 e. The highest BCUT2D eigenvalue weighted by Gasteiger charge is 2.26. The third-order valence-corrected chi connectivity index (χ3v) is 3.68. The van der Waals surface area contributed by atoms with E-state index in [2.05, 4.69) is 58.9 Å². The molecule has 1 aromatic rings. The summed E-state index contributed by atoms with van der Waals surface area (Å²) in [5.74, 6) is 0. The van der Waals surface area contributed by atoms with E-state index in [1.54, 1.807) is 0 Å². The zero-order valence-corrected chi connectivity index (χ0v) is 11.0. The Bertz CT molecular complexity index is 314. The second kappa shape index (κ2) is 4.56. The van der Waals surface area contributed by atoms with Crippen LogP contribution in [-0.2, 0) is 0 Å². The molecule has 0 atom stereocenters. The molecule has 15 heavy (non-hydrogen) atoms. The van der Waals surface area contributed by atoms with Gasteiger partial charge in [0.05, 0.1) is 0 Å². The van der Waals surface area contributed by atoms with Crippen molar-refractivity contribution >= 4 is 21.6 Å². The minimum absolute atomic E-state index is 0.594. The minimum atomic E-state index is 0.594. The SMILES string of the molecule is CC(C)N(c1ccc(Br)cc1)C1CCC1. The number of benzene rings is 1. The van der Waals surface area contributed by atoms with Crippen LogP contribution in [0.1, 0.15) is 33.1 Å². The van der Waals surface area contributed by atoms with E-state index in [1.165, 1.54) is 24.9 Å². The summed E-state index contributed by atoms with van der Waals surface area (Å²) in [6, 6.07) is 10.0. The largest absolute Gasteiger partial charge is 0.366 e. The summed E-state index contributed by atoms with van der Waals surface area (Å²) >= 11 is 3.48. The van der Waals surface area contributed by atoms with Gasteiger partial charge < -0.3 is 4.90 Å². The maximum atomic E-state index is 3.48. The Morgan fingerprint density at radius 1 is 1.20 bits per heavy atom. The van der Waals surface area contributed by atoms with Crippen molar-refractivity contribution in [1.29, 1.82) is 0 Å². The van der Waals surface area contributed by atoms with Gasteiger partial charge in [-0.1, -0.05) is 15.9 Å². The lowest BCUT2D eigenvalue weighted by Crippen LogP contribution is -2.44. The maximum absolute atomic E-state index is 3.48. The zero-order valence-electron chi connectivity index (χ0n) is 9.41. The molecule has 1 fully saturated rings. The van der Waals surface area contributed by atoms with Crippen LogP contribution in [0, 0.1) is 0 Å². The zero-order chi connectivity index (χ0) is 10.8. The number of halogens is 1. The van der Waals surface area contributed by atoms with E-state index in [4.69, 9.17) is 0 Å². The van der Waals surface area contributed by atoms with Crippen LogP contribution in [0.5, 0.6) is 0 Å². The Balaban J connectivity index is 2.19. The molecule has 0 aliphatic heterocycles. The number of anilines is 1.